The Labute approximate surface area is 121 Å². The number of aryl methyl sites for hydroxylation is 2. The van der Waals surface area contributed by atoms with Gasteiger partial charge in [0.25, 0.3) is 0 Å². The van der Waals surface area contributed by atoms with Crippen molar-refractivity contribution >= 4 is 0 Å². The van der Waals surface area contributed by atoms with Crippen molar-refractivity contribution in [2.45, 2.75) is 27.3 Å². The highest BCUT2D eigenvalue weighted by molar-refractivity contribution is 5.74. The van der Waals surface area contributed by atoms with Crippen molar-refractivity contribution in [3.63, 3.8) is 0 Å². The van der Waals surface area contributed by atoms with E-state index in [2.05, 4.69) is 56.4 Å². The molecule has 2 aromatic rings. The Bertz CT molecular complexity index is 590. The quantitative estimate of drug-likeness (QED) is 0.882. The molecule has 2 aromatic carbocycles. The summed E-state index contributed by atoms with van der Waals surface area (Å²) < 4.78 is 5.49. The highest BCUT2D eigenvalue weighted by atomic mass is 16.5. The summed E-state index contributed by atoms with van der Waals surface area (Å²) in [6.45, 7) is 8.30. The first kappa shape index (κ1) is 14.6. The number of hydrogen-bond acceptors (Lipinski definition) is 2. The van der Waals surface area contributed by atoms with Crippen LogP contribution in [0.1, 0.15) is 23.6 Å². The smallest absolute Gasteiger partial charge is 0.126 e. The van der Waals surface area contributed by atoms with Gasteiger partial charge in [-0.1, -0.05) is 36.8 Å². The van der Waals surface area contributed by atoms with Crippen LogP contribution in [0.5, 0.6) is 5.75 Å². The van der Waals surface area contributed by atoms with E-state index in [1.165, 1.54) is 27.8 Å². The van der Waals surface area contributed by atoms with Crippen LogP contribution in [0.4, 0.5) is 0 Å². The van der Waals surface area contributed by atoms with Gasteiger partial charge in [-0.3, -0.25) is 0 Å². The Balaban J connectivity index is 2.40. The lowest BCUT2D eigenvalue weighted by Crippen LogP contribution is -2.11. The molecular weight excluding hydrogens is 246 g/mol. The first-order valence-electron chi connectivity index (χ1n) is 7.11. The van der Waals surface area contributed by atoms with Crippen molar-refractivity contribution in [3.8, 4) is 16.9 Å². The van der Waals surface area contributed by atoms with E-state index in [1.807, 2.05) is 6.07 Å². The standard InChI is InChI=1S/C18H23NO/c1-5-19-12-15-7-8-16(14(3)11-15)17-10-13(2)6-9-18(17)20-4/h6-11,19H,5,12H2,1-4H3. The van der Waals surface area contributed by atoms with E-state index in [1.54, 1.807) is 7.11 Å². The molecule has 0 bridgehead atoms. The topological polar surface area (TPSA) is 21.3 Å². The van der Waals surface area contributed by atoms with Gasteiger partial charge in [0.1, 0.15) is 5.75 Å². The molecule has 1 N–H and O–H groups in total. The van der Waals surface area contributed by atoms with E-state index in [0.717, 1.165) is 18.8 Å². The average Bonchev–Trinajstić information content (AvgIpc) is 2.45. The first-order valence-corrected chi connectivity index (χ1v) is 7.11. The maximum atomic E-state index is 5.49. The van der Waals surface area contributed by atoms with Gasteiger partial charge in [-0.15, -0.1) is 0 Å². The van der Waals surface area contributed by atoms with E-state index in [4.69, 9.17) is 4.74 Å². The fraction of sp³-hybridized carbons (Fsp3) is 0.333. The molecule has 106 valence electrons. The Morgan fingerprint density at radius 3 is 2.45 bits per heavy atom. The molecule has 0 aliphatic heterocycles. The molecule has 0 aromatic heterocycles. The minimum absolute atomic E-state index is 0.919. The van der Waals surface area contributed by atoms with E-state index in [0.29, 0.717) is 0 Å². The monoisotopic (exact) mass is 269 g/mol. The summed E-state index contributed by atoms with van der Waals surface area (Å²) in [5, 5.41) is 3.36. The highest BCUT2D eigenvalue weighted by Crippen LogP contribution is 2.33. The SMILES string of the molecule is CCNCc1ccc(-c2cc(C)ccc2OC)c(C)c1. The molecule has 20 heavy (non-hydrogen) atoms. The third-order valence-electron chi connectivity index (χ3n) is 3.52. The maximum absolute atomic E-state index is 5.49. The molecule has 0 aliphatic rings. The molecule has 0 fully saturated rings. The van der Waals surface area contributed by atoms with Crippen LogP contribution in [0.3, 0.4) is 0 Å². The Morgan fingerprint density at radius 1 is 1.00 bits per heavy atom. The van der Waals surface area contributed by atoms with Gasteiger partial charge in [0.15, 0.2) is 0 Å². The van der Waals surface area contributed by atoms with Crippen molar-refractivity contribution < 1.29 is 4.74 Å². The third kappa shape index (κ3) is 3.20. The second-order valence-electron chi connectivity index (χ2n) is 5.13. The van der Waals surface area contributed by atoms with Crippen molar-refractivity contribution in [2.75, 3.05) is 13.7 Å². The van der Waals surface area contributed by atoms with Gasteiger partial charge in [0.05, 0.1) is 7.11 Å². The van der Waals surface area contributed by atoms with Gasteiger partial charge in [-0.2, -0.15) is 0 Å². The largest absolute Gasteiger partial charge is 0.496 e. The number of methoxy groups -OCH3 is 1. The van der Waals surface area contributed by atoms with E-state index >= 15 is 0 Å². The predicted octanol–water partition coefficient (Wildman–Crippen LogP) is 4.09. The summed E-state index contributed by atoms with van der Waals surface area (Å²) in [4.78, 5) is 0. The zero-order valence-electron chi connectivity index (χ0n) is 12.8. The summed E-state index contributed by atoms with van der Waals surface area (Å²) in [6.07, 6.45) is 0. The molecule has 2 nitrogen and oxygen atoms in total. The summed E-state index contributed by atoms with van der Waals surface area (Å²) in [6, 6.07) is 12.9. The van der Waals surface area contributed by atoms with Gasteiger partial charge in [0.2, 0.25) is 0 Å². The lowest BCUT2D eigenvalue weighted by Gasteiger charge is -2.13. The van der Waals surface area contributed by atoms with Crippen molar-refractivity contribution in [2.24, 2.45) is 0 Å². The van der Waals surface area contributed by atoms with Gasteiger partial charge in [0, 0.05) is 12.1 Å². The lowest BCUT2D eigenvalue weighted by atomic mass is 9.96. The highest BCUT2D eigenvalue weighted by Gasteiger charge is 2.09. The second-order valence-corrected chi connectivity index (χ2v) is 5.13. The maximum Gasteiger partial charge on any atom is 0.126 e. The van der Waals surface area contributed by atoms with Gasteiger partial charge < -0.3 is 10.1 Å². The molecule has 0 saturated carbocycles. The van der Waals surface area contributed by atoms with Crippen LogP contribution in [0.15, 0.2) is 36.4 Å². The van der Waals surface area contributed by atoms with Crippen molar-refractivity contribution in [1.82, 2.24) is 5.32 Å². The minimum atomic E-state index is 0.919. The summed E-state index contributed by atoms with van der Waals surface area (Å²) in [7, 11) is 1.73. The number of nitrogens with one attached hydrogen (secondary N) is 1. The molecule has 0 radical (unpaired) electrons. The summed E-state index contributed by atoms with van der Waals surface area (Å²) >= 11 is 0. The number of ether oxygens (including phenoxy) is 1. The van der Waals surface area contributed by atoms with Crippen LogP contribution in [0.2, 0.25) is 0 Å². The van der Waals surface area contributed by atoms with Gasteiger partial charge >= 0.3 is 0 Å². The number of rotatable bonds is 5. The molecule has 0 unspecified atom stereocenters. The molecule has 0 atom stereocenters. The number of benzene rings is 2. The van der Waals surface area contributed by atoms with Gasteiger partial charge in [-0.25, -0.2) is 0 Å². The normalized spacial score (nSPS) is 10.6. The molecular formula is C18H23NO. The molecule has 0 spiro atoms. The number of hydrogen-bond donors (Lipinski definition) is 1. The molecule has 0 aliphatic carbocycles. The summed E-state index contributed by atoms with van der Waals surface area (Å²) in [5.41, 5.74) is 6.26. The molecule has 0 heterocycles. The molecule has 0 saturated heterocycles. The zero-order chi connectivity index (χ0) is 14.5. The Kier molecular flexibility index (Phi) is 4.80. The Morgan fingerprint density at radius 2 is 1.80 bits per heavy atom. The predicted molar refractivity (Wildman–Crippen MR) is 85.3 cm³/mol. The third-order valence-corrected chi connectivity index (χ3v) is 3.52. The van der Waals surface area contributed by atoms with Crippen molar-refractivity contribution in [1.29, 1.82) is 0 Å². The van der Waals surface area contributed by atoms with Crippen LogP contribution in [-0.2, 0) is 6.54 Å². The lowest BCUT2D eigenvalue weighted by molar-refractivity contribution is 0.416. The van der Waals surface area contributed by atoms with E-state index < -0.39 is 0 Å². The van der Waals surface area contributed by atoms with Crippen LogP contribution >= 0.6 is 0 Å². The molecule has 0 amide bonds. The van der Waals surface area contributed by atoms with E-state index in [9.17, 15) is 0 Å². The fourth-order valence-electron chi connectivity index (χ4n) is 2.44. The van der Waals surface area contributed by atoms with Crippen molar-refractivity contribution in [3.05, 3.63) is 53.1 Å². The average molecular weight is 269 g/mol. The minimum Gasteiger partial charge on any atom is -0.496 e. The van der Waals surface area contributed by atoms with Crippen LogP contribution in [0, 0.1) is 13.8 Å². The van der Waals surface area contributed by atoms with Crippen LogP contribution in [0.25, 0.3) is 11.1 Å². The summed E-state index contributed by atoms with van der Waals surface area (Å²) in [5.74, 6) is 0.929. The van der Waals surface area contributed by atoms with Crippen LogP contribution < -0.4 is 10.1 Å². The second kappa shape index (κ2) is 6.58. The Hall–Kier alpha value is -1.80. The molecule has 2 rings (SSSR count). The molecule has 2 heteroatoms. The van der Waals surface area contributed by atoms with Crippen LogP contribution in [-0.4, -0.2) is 13.7 Å². The van der Waals surface area contributed by atoms with E-state index in [-0.39, 0.29) is 0 Å². The zero-order valence-corrected chi connectivity index (χ0v) is 12.8. The first-order chi connectivity index (χ1) is 9.65. The van der Waals surface area contributed by atoms with Gasteiger partial charge in [-0.05, 0) is 49.2 Å². The fourth-order valence-corrected chi connectivity index (χ4v) is 2.44.